The summed E-state index contributed by atoms with van der Waals surface area (Å²) in [6.45, 7) is 0. The van der Waals surface area contributed by atoms with E-state index in [2.05, 4.69) is 4.18 Å². The third-order valence-corrected chi connectivity index (χ3v) is 4.04. The first-order valence-corrected chi connectivity index (χ1v) is 8.75. The predicted molar refractivity (Wildman–Crippen MR) is 92.7 cm³/mol. The maximum atomic E-state index is 12.9. The van der Waals surface area contributed by atoms with E-state index >= 15 is 0 Å². The van der Waals surface area contributed by atoms with Crippen molar-refractivity contribution >= 4 is 27.1 Å². The second kappa shape index (κ2) is 8.39. The van der Waals surface area contributed by atoms with E-state index in [1.165, 1.54) is 19.2 Å². The van der Waals surface area contributed by atoms with Crippen LogP contribution in [0.25, 0.3) is 22.1 Å². The Morgan fingerprint density at radius 3 is 2.45 bits per heavy atom. The number of hydrogen-bond donors (Lipinski definition) is 1. The fourth-order valence-corrected chi connectivity index (χ4v) is 2.85. The van der Waals surface area contributed by atoms with Gasteiger partial charge in [-0.2, -0.15) is 8.42 Å². The van der Waals surface area contributed by atoms with Crippen LogP contribution in [0, 0.1) is 10.1 Å². The van der Waals surface area contributed by atoms with Gasteiger partial charge in [-0.15, -0.1) is 5.75 Å². The van der Waals surface area contributed by atoms with E-state index in [4.69, 9.17) is 13.7 Å². The van der Waals surface area contributed by atoms with Gasteiger partial charge in [0.05, 0.1) is 17.4 Å². The molecule has 0 unspecified atom stereocenters. The Morgan fingerprint density at radius 1 is 1.17 bits per heavy atom. The molecule has 1 aromatic heterocycles. The number of benzene rings is 2. The summed E-state index contributed by atoms with van der Waals surface area (Å²) in [5.41, 5.74) is -2.27. The van der Waals surface area contributed by atoms with Gasteiger partial charge >= 0.3 is 51.6 Å². The van der Waals surface area contributed by atoms with Gasteiger partial charge in [0.15, 0.2) is 5.75 Å². The molecule has 0 saturated heterocycles. The van der Waals surface area contributed by atoms with Crippen molar-refractivity contribution in [3.05, 3.63) is 56.7 Å². The van der Waals surface area contributed by atoms with Crippen molar-refractivity contribution in [1.82, 2.24) is 0 Å². The van der Waals surface area contributed by atoms with Crippen molar-refractivity contribution < 1.29 is 65.9 Å². The van der Waals surface area contributed by atoms with Gasteiger partial charge in [0.25, 0.3) is 0 Å². The van der Waals surface area contributed by atoms with Crippen molar-refractivity contribution in [3.8, 4) is 28.6 Å². The molecule has 0 aliphatic rings. The standard InChI is InChI=1S/C16H11NO10S.Na/c1-25-12-5-2-8(6-11(12)17(20)21)14-15(19)10-4-3-9(18)7-13(10)26-16(14)27-28(22,23)24;/h2-7,18H,1H3,(H,22,23,24);/q;+1/p-1. The molecular weight excluding hydrogens is 421 g/mol. The fraction of sp³-hybridized carbons (Fsp3) is 0.0625. The predicted octanol–water partition coefficient (Wildman–Crippen LogP) is -1.36. The van der Waals surface area contributed by atoms with E-state index in [1.54, 1.807) is 0 Å². The van der Waals surface area contributed by atoms with Crippen LogP contribution in [-0.2, 0) is 10.4 Å². The van der Waals surface area contributed by atoms with Gasteiger partial charge < -0.3 is 18.4 Å². The van der Waals surface area contributed by atoms with E-state index in [1.807, 2.05) is 0 Å². The minimum absolute atomic E-state index is 0. The Hall–Kier alpha value is -2.64. The SMILES string of the molecule is COc1ccc(-c2c(OS(=O)(=O)O)oc3cc([O-])ccc3c2=O)cc1[N+](=O)[O-].[Na+]. The molecule has 11 nitrogen and oxygen atoms in total. The van der Waals surface area contributed by atoms with Gasteiger partial charge in [-0.1, -0.05) is 6.07 Å². The van der Waals surface area contributed by atoms with Crippen LogP contribution in [0.1, 0.15) is 0 Å². The molecule has 0 saturated carbocycles. The number of rotatable bonds is 5. The van der Waals surface area contributed by atoms with Crippen LogP contribution in [0.3, 0.4) is 0 Å². The van der Waals surface area contributed by atoms with Gasteiger partial charge in [-0.3, -0.25) is 19.5 Å². The summed E-state index contributed by atoms with van der Waals surface area (Å²) in [7, 11) is -3.90. The number of fused-ring (bicyclic) bond motifs is 1. The Morgan fingerprint density at radius 2 is 1.86 bits per heavy atom. The largest absolute Gasteiger partial charge is 1.00 e. The molecule has 146 valence electrons. The number of nitro groups is 1. The molecule has 0 atom stereocenters. The van der Waals surface area contributed by atoms with Crippen LogP contribution in [0.2, 0.25) is 0 Å². The zero-order valence-corrected chi connectivity index (χ0v) is 17.8. The van der Waals surface area contributed by atoms with Crippen molar-refractivity contribution in [1.29, 1.82) is 0 Å². The zero-order chi connectivity index (χ0) is 20.6. The first-order chi connectivity index (χ1) is 13.1. The quantitative estimate of drug-likeness (QED) is 0.220. The topological polar surface area (TPSA) is 169 Å². The third kappa shape index (κ3) is 4.68. The molecule has 29 heavy (non-hydrogen) atoms. The molecule has 3 rings (SSSR count). The smallest absolute Gasteiger partial charge is 0.872 e. The average Bonchev–Trinajstić information content (AvgIpc) is 2.59. The number of nitrogens with zero attached hydrogens (tertiary/aromatic N) is 1. The van der Waals surface area contributed by atoms with Crippen LogP contribution >= 0.6 is 0 Å². The van der Waals surface area contributed by atoms with E-state index in [9.17, 15) is 28.4 Å². The molecule has 13 heteroatoms. The van der Waals surface area contributed by atoms with Gasteiger partial charge in [-0.25, -0.2) is 0 Å². The summed E-state index contributed by atoms with van der Waals surface area (Å²) in [6.07, 6.45) is 0. The van der Waals surface area contributed by atoms with Crippen LogP contribution in [-0.4, -0.2) is 25.0 Å². The van der Waals surface area contributed by atoms with Crippen LogP contribution in [0.5, 0.6) is 17.4 Å². The second-order valence-electron chi connectivity index (χ2n) is 5.41. The summed E-state index contributed by atoms with van der Waals surface area (Å²) in [4.78, 5) is 23.3. The molecule has 3 aromatic rings. The fourth-order valence-electron chi connectivity index (χ4n) is 2.54. The van der Waals surface area contributed by atoms with E-state index < -0.39 is 43.7 Å². The number of nitro benzene ring substituents is 1. The molecule has 0 spiro atoms. The van der Waals surface area contributed by atoms with Crippen LogP contribution < -0.4 is 49.0 Å². The van der Waals surface area contributed by atoms with Crippen LogP contribution in [0.15, 0.2) is 45.6 Å². The third-order valence-electron chi connectivity index (χ3n) is 3.68. The molecule has 0 aliphatic carbocycles. The van der Waals surface area contributed by atoms with Crippen molar-refractivity contribution in [3.63, 3.8) is 0 Å². The molecular formula is C16H10NNaO10S. The monoisotopic (exact) mass is 431 g/mol. The van der Waals surface area contributed by atoms with Crippen molar-refractivity contribution in [2.45, 2.75) is 0 Å². The molecule has 2 aromatic carbocycles. The van der Waals surface area contributed by atoms with Gasteiger partial charge in [0.2, 0.25) is 5.43 Å². The van der Waals surface area contributed by atoms with Gasteiger partial charge in [0.1, 0.15) is 11.1 Å². The van der Waals surface area contributed by atoms with E-state index in [0.29, 0.717) is 0 Å². The van der Waals surface area contributed by atoms with Crippen molar-refractivity contribution in [2.75, 3.05) is 7.11 Å². The first kappa shape index (κ1) is 22.6. The van der Waals surface area contributed by atoms with Gasteiger partial charge in [0, 0.05) is 6.07 Å². The Labute approximate surface area is 184 Å². The Kier molecular flexibility index (Phi) is 6.55. The summed E-state index contributed by atoms with van der Waals surface area (Å²) < 4.78 is 45.7. The molecule has 1 N–H and O–H groups in total. The molecule has 0 amide bonds. The normalized spacial score (nSPS) is 11.0. The Balaban J connectivity index is 0.00000300. The summed E-state index contributed by atoms with van der Waals surface area (Å²) in [5.74, 6) is -1.58. The van der Waals surface area contributed by atoms with Gasteiger partial charge in [-0.05, 0) is 29.8 Å². The van der Waals surface area contributed by atoms with Crippen molar-refractivity contribution in [2.24, 2.45) is 0 Å². The number of ether oxygens (including phenoxy) is 1. The Bertz CT molecular complexity index is 1270. The molecule has 0 aliphatic heterocycles. The zero-order valence-electron chi connectivity index (χ0n) is 14.9. The minimum Gasteiger partial charge on any atom is -0.872 e. The first-order valence-electron chi connectivity index (χ1n) is 7.38. The minimum atomic E-state index is -5.11. The molecule has 0 radical (unpaired) electrons. The second-order valence-corrected chi connectivity index (χ2v) is 6.43. The maximum Gasteiger partial charge on any atom is 1.00 e. The molecule has 0 bridgehead atoms. The van der Waals surface area contributed by atoms with E-state index in [0.717, 1.165) is 24.3 Å². The average molecular weight is 431 g/mol. The summed E-state index contributed by atoms with van der Waals surface area (Å²) in [5, 5.41) is 22.6. The van der Waals surface area contributed by atoms with Crippen LogP contribution in [0.4, 0.5) is 5.69 Å². The number of methoxy groups -OCH3 is 1. The molecule has 1 heterocycles. The maximum absolute atomic E-state index is 12.9. The van der Waals surface area contributed by atoms with E-state index in [-0.39, 0.29) is 51.8 Å². The molecule has 0 fully saturated rings. The summed E-state index contributed by atoms with van der Waals surface area (Å²) >= 11 is 0. The summed E-state index contributed by atoms with van der Waals surface area (Å²) in [6, 6.07) is 6.55. The number of hydrogen-bond acceptors (Lipinski definition) is 9.